The van der Waals surface area contributed by atoms with E-state index in [1.807, 2.05) is 19.9 Å². The number of rotatable bonds is 6. The first kappa shape index (κ1) is 13.8. The Morgan fingerprint density at radius 2 is 2.44 bits per heavy atom. The Hall–Kier alpha value is -2.22. The van der Waals surface area contributed by atoms with Gasteiger partial charge in [0.25, 0.3) is 5.91 Å². The number of amides is 1. The Labute approximate surface area is 106 Å². The number of carbonyl (C=O) groups excluding carboxylic acids is 1. The van der Waals surface area contributed by atoms with Crippen LogP contribution < -0.4 is 10.6 Å². The molecule has 0 saturated heterocycles. The van der Waals surface area contributed by atoms with Crippen LogP contribution in [0.3, 0.4) is 0 Å². The van der Waals surface area contributed by atoms with Crippen LogP contribution in [0.25, 0.3) is 0 Å². The number of nitrogens with zero attached hydrogens (tertiary/aromatic N) is 1. The molecule has 0 bridgehead atoms. The fourth-order valence-corrected chi connectivity index (χ4v) is 1.17. The summed E-state index contributed by atoms with van der Waals surface area (Å²) >= 11 is 0. The molecule has 1 atom stereocenters. The van der Waals surface area contributed by atoms with Gasteiger partial charge in [0.2, 0.25) is 0 Å². The van der Waals surface area contributed by atoms with Crippen molar-refractivity contribution in [3.8, 4) is 6.07 Å². The van der Waals surface area contributed by atoms with Crippen LogP contribution in [-0.4, -0.2) is 11.9 Å². The van der Waals surface area contributed by atoms with Crippen molar-refractivity contribution in [1.29, 1.82) is 5.26 Å². The highest BCUT2D eigenvalue weighted by Crippen LogP contribution is 2.00. The first-order valence-electron chi connectivity index (χ1n) is 5.84. The van der Waals surface area contributed by atoms with Crippen LogP contribution in [0.5, 0.6) is 0 Å². The third-order valence-electron chi connectivity index (χ3n) is 2.49. The molecule has 5 nitrogen and oxygen atoms in total. The lowest BCUT2D eigenvalue weighted by Crippen LogP contribution is -2.26. The molecule has 18 heavy (non-hydrogen) atoms. The van der Waals surface area contributed by atoms with Gasteiger partial charge in [0.1, 0.15) is 17.4 Å². The minimum Gasteiger partial charge on any atom is -0.467 e. The molecule has 1 amide bonds. The van der Waals surface area contributed by atoms with Gasteiger partial charge >= 0.3 is 0 Å². The predicted octanol–water partition coefficient (Wildman–Crippen LogP) is 1.69. The second-order valence-electron chi connectivity index (χ2n) is 3.91. The minimum absolute atomic E-state index is 0.0573. The zero-order chi connectivity index (χ0) is 13.4. The van der Waals surface area contributed by atoms with Gasteiger partial charge in [-0.1, -0.05) is 6.92 Å². The highest BCUT2D eigenvalue weighted by molar-refractivity contribution is 5.97. The highest BCUT2D eigenvalue weighted by atomic mass is 16.3. The summed E-state index contributed by atoms with van der Waals surface area (Å²) in [6.45, 7) is 4.27. The quantitative estimate of drug-likeness (QED) is 0.592. The van der Waals surface area contributed by atoms with E-state index in [-0.39, 0.29) is 18.2 Å². The Morgan fingerprint density at radius 1 is 1.67 bits per heavy atom. The van der Waals surface area contributed by atoms with E-state index in [0.717, 1.165) is 6.42 Å². The summed E-state index contributed by atoms with van der Waals surface area (Å²) in [4.78, 5) is 11.7. The minimum atomic E-state index is -0.412. The first-order valence-corrected chi connectivity index (χ1v) is 5.84. The molecular weight excluding hydrogens is 230 g/mol. The van der Waals surface area contributed by atoms with Gasteiger partial charge in [-0.3, -0.25) is 4.79 Å². The third kappa shape index (κ3) is 4.34. The molecule has 0 aliphatic heterocycles. The number of furan rings is 1. The Kier molecular flexibility index (Phi) is 5.52. The van der Waals surface area contributed by atoms with Gasteiger partial charge in [-0.05, 0) is 25.5 Å². The van der Waals surface area contributed by atoms with Gasteiger partial charge in [-0.15, -0.1) is 0 Å². The first-order chi connectivity index (χ1) is 8.67. The summed E-state index contributed by atoms with van der Waals surface area (Å²) in [5, 5.41) is 14.5. The Morgan fingerprint density at radius 3 is 3.00 bits per heavy atom. The van der Waals surface area contributed by atoms with Crippen LogP contribution in [0.15, 0.2) is 34.6 Å². The fourth-order valence-electron chi connectivity index (χ4n) is 1.17. The molecule has 1 aromatic heterocycles. The van der Waals surface area contributed by atoms with Crippen LogP contribution in [0, 0.1) is 11.3 Å². The van der Waals surface area contributed by atoms with Crippen LogP contribution in [0.2, 0.25) is 0 Å². The van der Waals surface area contributed by atoms with E-state index in [0.29, 0.717) is 5.76 Å². The van der Waals surface area contributed by atoms with Crippen molar-refractivity contribution in [1.82, 2.24) is 10.6 Å². The monoisotopic (exact) mass is 247 g/mol. The molecule has 0 saturated carbocycles. The Bertz CT molecular complexity index is 443. The lowest BCUT2D eigenvalue weighted by Gasteiger charge is -2.08. The third-order valence-corrected chi connectivity index (χ3v) is 2.49. The van der Waals surface area contributed by atoms with Crippen LogP contribution in [0.1, 0.15) is 26.0 Å². The lowest BCUT2D eigenvalue weighted by atomic mass is 10.2. The maximum absolute atomic E-state index is 11.7. The molecule has 1 aromatic rings. The molecule has 0 aliphatic carbocycles. The van der Waals surface area contributed by atoms with Gasteiger partial charge in [-0.25, -0.2) is 0 Å². The normalized spacial score (nSPS) is 12.6. The van der Waals surface area contributed by atoms with Crippen molar-refractivity contribution in [2.24, 2.45) is 0 Å². The maximum atomic E-state index is 11.7. The molecule has 1 unspecified atom stereocenters. The van der Waals surface area contributed by atoms with Gasteiger partial charge in [-0.2, -0.15) is 5.26 Å². The predicted molar refractivity (Wildman–Crippen MR) is 67.1 cm³/mol. The van der Waals surface area contributed by atoms with E-state index < -0.39 is 5.91 Å². The zero-order valence-electron chi connectivity index (χ0n) is 10.6. The van der Waals surface area contributed by atoms with Crippen molar-refractivity contribution in [2.45, 2.75) is 32.9 Å². The SMILES string of the molecule is CCC(C)N/C=C(/C#N)C(=O)NCc1ccco1. The highest BCUT2D eigenvalue weighted by Gasteiger charge is 2.09. The van der Waals surface area contributed by atoms with Crippen molar-refractivity contribution < 1.29 is 9.21 Å². The molecular formula is C13H17N3O2. The summed E-state index contributed by atoms with van der Waals surface area (Å²) in [5.74, 6) is 0.236. The molecule has 2 N–H and O–H groups in total. The average Bonchev–Trinajstić information content (AvgIpc) is 2.89. The van der Waals surface area contributed by atoms with E-state index in [1.54, 1.807) is 12.1 Å². The van der Waals surface area contributed by atoms with Gasteiger partial charge in [0.15, 0.2) is 0 Å². The number of carbonyl (C=O) groups is 1. The fraction of sp³-hybridized carbons (Fsp3) is 0.385. The number of nitrogens with one attached hydrogen (secondary N) is 2. The maximum Gasteiger partial charge on any atom is 0.263 e. The summed E-state index contributed by atoms with van der Waals surface area (Å²) < 4.78 is 5.08. The van der Waals surface area contributed by atoms with Crippen LogP contribution >= 0.6 is 0 Å². The van der Waals surface area contributed by atoms with Crippen molar-refractivity contribution in [3.63, 3.8) is 0 Å². The molecule has 0 aliphatic rings. The van der Waals surface area contributed by atoms with Gasteiger partial charge in [0, 0.05) is 12.2 Å². The second-order valence-corrected chi connectivity index (χ2v) is 3.91. The molecule has 0 fully saturated rings. The summed E-state index contributed by atoms with van der Waals surface area (Å²) in [7, 11) is 0. The van der Waals surface area contributed by atoms with Gasteiger partial charge < -0.3 is 15.1 Å². The molecule has 1 rings (SSSR count). The standard InChI is InChI=1S/C13H17N3O2/c1-3-10(2)15-8-11(7-14)13(17)16-9-12-5-4-6-18-12/h4-6,8,10,15H,3,9H2,1-2H3,(H,16,17)/b11-8-. The molecule has 5 heteroatoms. The molecule has 0 spiro atoms. The number of hydrogen-bond donors (Lipinski definition) is 2. The molecule has 1 heterocycles. The van der Waals surface area contributed by atoms with E-state index in [2.05, 4.69) is 10.6 Å². The average molecular weight is 247 g/mol. The summed E-state index contributed by atoms with van der Waals surface area (Å²) in [6.07, 6.45) is 3.90. The van der Waals surface area contributed by atoms with Gasteiger partial charge in [0.05, 0.1) is 12.8 Å². The Balaban J connectivity index is 2.49. The van der Waals surface area contributed by atoms with E-state index in [1.165, 1.54) is 12.5 Å². The molecule has 0 radical (unpaired) electrons. The smallest absolute Gasteiger partial charge is 0.263 e. The molecule has 96 valence electrons. The lowest BCUT2D eigenvalue weighted by molar-refractivity contribution is -0.117. The van der Waals surface area contributed by atoms with Crippen LogP contribution in [0.4, 0.5) is 0 Å². The second kappa shape index (κ2) is 7.17. The van der Waals surface area contributed by atoms with Crippen molar-refractivity contribution in [2.75, 3.05) is 0 Å². The summed E-state index contributed by atoms with van der Waals surface area (Å²) in [6, 6.07) is 5.60. The van der Waals surface area contributed by atoms with Crippen LogP contribution in [-0.2, 0) is 11.3 Å². The molecule has 0 aromatic carbocycles. The van der Waals surface area contributed by atoms with E-state index >= 15 is 0 Å². The van der Waals surface area contributed by atoms with E-state index in [4.69, 9.17) is 9.68 Å². The number of hydrogen-bond acceptors (Lipinski definition) is 4. The van der Waals surface area contributed by atoms with Crippen molar-refractivity contribution >= 4 is 5.91 Å². The topological polar surface area (TPSA) is 78.1 Å². The van der Waals surface area contributed by atoms with Crippen molar-refractivity contribution in [3.05, 3.63) is 35.9 Å². The largest absolute Gasteiger partial charge is 0.467 e. The van der Waals surface area contributed by atoms with E-state index in [9.17, 15) is 4.79 Å². The zero-order valence-corrected chi connectivity index (χ0v) is 10.6. The number of nitriles is 1. The summed E-state index contributed by atoms with van der Waals surface area (Å²) in [5.41, 5.74) is 0.0573.